The number of hydrogen-bond donors (Lipinski definition) is 3. The van der Waals surface area contributed by atoms with E-state index in [2.05, 4.69) is 10.0 Å². The zero-order chi connectivity index (χ0) is 16.7. The van der Waals surface area contributed by atoms with Gasteiger partial charge in [0.1, 0.15) is 5.54 Å². The van der Waals surface area contributed by atoms with Crippen LogP contribution in [-0.4, -0.2) is 30.3 Å². The predicted octanol–water partition coefficient (Wildman–Crippen LogP) is 3.05. The van der Waals surface area contributed by atoms with Crippen LogP contribution in [0.25, 0.3) is 0 Å². The van der Waals surface area contributed by atoms with Crippen LogP contribution in [0, 0.1) is 0 Å². The third-order valence-corrected chi connectivity index (χ3v) is 6.60. The van der Waals surface area contributed by atoms with E-state index in [0.29, 0.717) is 37.1 Å². The summed E-state index contributed by atoms with van der Waals surface area (Å²) < 4.78 is 26.4. The van der Waals surface area contributed by atoms with Gasteiger partial charge >= 0.3 is 5.97 Å². The van der Waals surface area contributed by atoms with Crippen molar-refractivity contribution in [3.05, 3.63) is 23.2 Å². The van der Waals surface area contributed by atoms with Crippen molar-refractivity contribution in [2.24, 2.45) is 0 Å². The molecule has 6 nitrogen and oxygen atoms in total. The molecule has 0 unspecified atom stereocenters. The molecule has 2 aliphatic rings. The summed E-state index contributed by atoms with van der Waals surface area (Å²) in [7, 11) is -3.37. The molecule has 2 aliphatic carbocycles. The largest absolute Gasteiger partial charge is 0.480 e. The second-order valence-electron chi connectivity index (χ2n) is 6.26. The number of nitrogens with one attached hydrogen (secondary N) is 2. The van der Waals surface area contributed by atoms with Gasteiger partial charge in [0.05, 0.1) is 16.0 Å². The highest BCUT2D eigenvalue weighted by atomic mass is 35.5. The van der Waals surface area contributed by atoms with Crippen molar-refractivity contribution in [1.29, 1.82) is 0 Å². The monoisotopic (exact) mass is 358 g/mol. The predicted molar refractivity (Wildman–Crippen MR) is 89.5 cm³/mol. The summed E-state index contributed by atoms with van der Waals surface area (Å²) >= 11 is 6.16. The first kappa shape index (κ1) is 16.4. The Morgan fingerprint density at radius 3 is 2.43 bits per heavy atom. The molecule has 0 bridgehead atoms. The lowest BCUT2D eigenvalue weighted by atomic mass is 9.97. The maximum absolute atomic E-state index is 12.0. The van der Waals surface area contributed by atoms with E-state index < -0.39 is 21.5 Å². The van der Waals surface area contributed by atoms with Gasteiger partial charge in [0.15, 0.2) is 0 Å². The number of sulfonamides is 1. The maximum atomic E-state index is 12.0. The highest BCUT2D eigenvalue weighted by molar-refractivity contribution is 7.93. The lowest BCUT2D eigenvalue weighted by Gasteiger charge is -2.27. The fourth-order valence-corrected chi connectivity index (χ4v) is 4.63. The summed E-state index contributed by atoms with van der Waals surface area (Å²) in [6.45, 7) is 0. The second kappa shape index (κ2) is 5.87. The van der Waals surface area contributed by atoms with Crippen LogP contribution in [-0.2, 0) is 14.8 Å². The molecule has 0 radical (unpaired) electrons. The minimum Gasteiger partial charge on any atom is -0.480 e. The van der Waals surface area contributed by atoms with Crippen molar-refractivity contribution in [1.82, 2.24) is 0 Å². The fourth-order valence-electron chi connectivity index (χ4n) is 2.94. The summed E-state index contributed by atoms with van der Waals surface area (Å²) in [6, 6.07) is 4.78. The number of halogens is 1. The van der Waals surface area contributed by atoms with Crippen LogP contribution in [0.1, 0.15) is 38.5 Å². The van der Waals surface area contributed by atoms with Crippen molar-refractivity contribution < 1.29 is 18.3 Å². The lowest BCUT2D eigenvalue weighted by Crippen LogP contribution is -2.43. The van der Waals surface area contributed by atoms with Gasteiger partial charge in [-0.25, -0.2) is 13.2 Å². The zero-order valence-electron chi connectivity index (χ0n) is 12.5. The normalized spacial score (nSPS) is 20.2. The molecule has 3 N–H and O–H groups in total. The van der Waals surface area contributed by atoms with Crippen LogP contribution in [0.3, 0.4) is 0 Å². The van der Waals surface area contributed by atoms with Gasteiger partial charge in [-0.1, -0.05) is 24.4 Å². The van der Waals surface area contributed by atoms with E-state index in [0.717, 1.165) is 12.8 Å². The van der Waals surface area contributed by atoms with E-state index in [1.165, 1.54) is 0 Å². The highest BCUT2D eigenvalue weighted by Crippen LogP contribution is 2.36. The molecule has 3 rings (SSSR count). The SMILES string of the molecule is O=C(O)C1(Nc2ccc(NS(=O)(=O)C3CC3)c(Cl)c2)CCCC1. The Kier molecular flexibility index (Phi) is 4.18. The van der Waals surface area contributed by atoms with Gasteiger partial charge in [-0.3, -0.25) is 4.72 Å². The smallest absolute Gasteiger partial charge is 0.329 e. The number of benzene rings is 1. The molecule has 0 amide bonds. The lowest BCUT2D eigenvalue weighted by molar-refractivity contribution is -0.142. The molecule has 0 aliphatic heterocycles. The second-order valence-corrected chi connectivity index (χ2v) is 8.63. The molecule has 0 aromatic heterocycles. The molecular weight excluding hydrogens is 340 g/mol. The van der Waals surface area contributed by atoms with Crippen molar-refractivity contribution in [3.63, 3.8) is 0 Å². The molecule has 23 heavy (non-hydrogen) atoms. The fraction of sp³-hybridized carbons (Fsp3) is 0.533. The first-order valence-corrected chi connectivity index (χ1v) is 9.58. The molecule has 126 valence electrons. The average Bonchev–Trinajstić information content (AvgIpc) is 3.23. The van der Waals surface area contributed by atoms with E-state index >= 15 is 0 Å². The van der Waals surface area contributed by atoms with Gasteiger partial charge in [-0.2, -0.15) is 0 Å². The van der Waals surface area contributed by atoms with Crippen LogP contribution in [0.4, 0.5) is 11.4 Å². The van der Waals surface area contributed by atoms with Gasteiger partial charge in [-0.15, -0.1) is 0 Å². The molecule has 1 aromatic carbocycles. The Balaban J connectivity index is 1.78. The van der Waals surface area contributed by atoms with Crippen molar-refractivity contribution >= 4 is 39.0 Å². The standard InChI is InChI=1S/C15H19ClN2O4S/c16-12-9-10(17-15(14(19)20)7-1-2-8-15)3-6-13(12)18-23(21,22)11-4-5-11/h3,6,9,11,17-18H,1-2,4-5,7-8H2,(H,19,20). The summed E-state index contributed by atoms with van der Waals surface area (Å²) in [5, 5.41) is 12.5. The molecule has 0 spiro atoms. The summed E-state index contributed by atoms with van der Waals surface area (Å²) in [5.74, 6) is -0.871. The number of carboxylic acid groups (broad SMARTS) is 1. The van der Waals surface area contributed by atoms with Crippen molar-refractivity contribution in [2.45, 2.75) is 49.3 Å². The highest BCUT2D eigenvalue weighted by Gasteiger charge is 2.41. The van der Waals surface area contributed by atoms with Gasteiger partial charge in [-0.05, 0) is 43.9 Å². The minimum absolute atomic E-state index is 0.248. The number of carboxylic acids is 1. The third kappa shape index (κ3) is 3.40. The third-order valence-electron chi connectivity index (χ3n) is 4.43. The van der Waals surface area contributed by atoms with Crippen LogP contribution in [0.5, 0.6) is 0 Å². The molecule has 8 heteroatoms. The topological polar surface area (TPSA) is 95.5 Å². The molecule has 0 heterocycles. The zero-order valence-corrected chi connectivity index (χ0v) is 14.1. The van der Waals surface area contributed by atoms with Gasteiger partial charge in [0.2, 0.25) is 10.0 Å². The van der Waals surface area contributed by atoms with Crippen LogP contribution in [0.15, 0.2) is 18.2 Å². The van der Waals surface area contributed by atoms with Crippen LogP contribution < -0.4 is 10.0 Å². The Hall–Kier alpha value is -1.47. The number of aliphatic carboxylic acids is 1. The first-order chi connectivity index (χ1) is 10.8. The molecule has 2 fully saturated rings. The summed E-state index contributed by atoms with van der Waals surface area (Å²) in [6.07, 6.45) is 4.21. The number of rotatable bonds is 6. The van der Waals surface area contributed by atoms with Crippen LogP contribution >= 0.6 is 11.6 Å². The number of hydrogen-bond acceptors (Lipinski definition) is 4. The Bertz CT molecular complexity index is 725. The quantitative estimate of drug-likeness (QED) is 0.726. The van der Waals surface area contributed by atoms with Gasteiger partial charge in [0, 0.05) is 5.69 Å². The van der Waals surface area contributed by atoms with E-state index in [-0.39, 0.29) is 10.3 Å². The molecule has 1 aromatic rings. The van der Waals surface area contributed by atoms with Gasteiger partial charge < -0.3 is 10.4 Å². The van der Waals surface area contributed by atoms with E-state index in [1.807, 2.05) is 0 Å². The van der Waals surface area contributed by atoms with E-state index in [9.17, 15) is 18.3 Å². The number of anilines is 2. The maximum Gasteiger partial charge on any atom is 0.329 e. The Morgan fingerprint density at radius 2 is 1.91 bits per heavy atom. The Labute approximate surface area is 140 Å². The summed E-state index contributed by atoms with van der Waals surface area (Å²) in [5.41, 5.74) is -0.0631. The van der Waals surface area contributed by atoms with Crippen LogP contribution in [0.2, 0.25) is 5.02 Å². The van der Waals surface area contributed by atoms with E-state index in [1.54, 1.807) is 18.2 Å². The molecule has 2 saturated carbocycles. The Morgan fingerprint density at radius 1 is 1.26 bits per heavy atom. The van der Waals surface area contributed by atoms with Crippen molar-refractivity contribution in [2.75, 3.05) is 10.0 Å². The molecule has 0 atom stereocenters. The molecule has 0 saturated heterocycles. The van der Waals surface area contributed by atoms with Gasteiger partial charge in [0.25, 0.3) is 0 Å². The van der Waals surface area contributed by atoms with E-state index in [4.69, 9.17) is 11.6 Å². The summed E-state index contributed by atoms with van der Waals surface area (Å²) in [4.78, 5) is 11.6. The minimum atomic E-state index is -3.37. The number of carbonyl (C=O) groups is 1. The first-order valence-electron chi connectivity index (χ1n) is 7.65. The average molecular weight is 359 g/mol. The van der Waals surface area contributed by atoms with Crippen molar-refractivity contribution in [3.8, 4) is 0 Å². The molecular formula is C15H19ClN2O4S.